The molecule has 3 rings (SSSR count). The third-order valence-corrected chi connectivity index (χ3v) is 4.72. The molecule has 1 fully saturated rings. The van der Waals surface area contributed by atoms with Crippen LogP contribution in [0.3, 0.4) is 0 Å². The van der Waals surface area contributed by atoms with Crippen LogP contribution in [0.1, 0.15) is 29.6 Å². The van der Waals surface area contributed by atoms with Crippen molar-refractivity contribution >= 4 is 17.5 Å². The number of aryl methyl sites for hydroxylation is 2. The Balaban J connectivity index is 1.67. The van der Waals surface area contributed by atoms with Crippen LogP contribution in [0.25, 0.3) is 0 Å². The first-order chi connectivity index (χ1) is 11.0. The van der Waals surface area contributed by atoms with Gasteiger partial charge in [-0.3, -0.25) is 14.2 Å². The van der Waals surface area contributed by atoms with Gasteiger partial charge < -0.3 is 10.1 Å². The zero-order valence-electron chi connectivity index (χ0n) is 13.4. The van der Waals surface area contributed by atoms with E-state index in [0.717, 1.165) is 23.5 Å². The normalized spacial score (nSPS) is 20.9. The predicted octanol–water partition coefficient (Wildman–Crippen LogP) is 1.53. The molecule has 124 valence electrons. The number of hydrogen-bond donors (Lipinski definition) is 1. The van der Waals surface area contributed by atoms with Gasteiger partial charge >= 0.3 is 0 Å². The highest BCUT2D eigenvalue weighted by molar-refractivity contribution is 6.31. The molecule has 0 unspecified atom stereocenters. The Bertz CT molecular complexity index is 724. The number of nitrogens with zero attached hydrogens (tertiary/aromatic N) is 4. The summed E-state index contributed by atoms with van der Waals surface area (Å²) >= 11 is 6.12. The molecular formula is C15H20ClN5O2. The average Bonchev–Trinajstić information content (AvgIpc) is 3.17. The molecule has 0 saturated carbocycles. The van der Waals surface area contributed by atoms with Gasteiger partial charge in [0, 0.05) is 19.9 Å². The fourth-order valence-corrected chi connectivity index (χ4v) is 3.04. The third kappa shape index (κ3) is 3.11. The number of rotatable bonds is 4. The van der Waals surface area contributed by atoms with E-state index in [1.807, 2.05) is 27.0 Å². The number of nitrogens with one attached hydrogen (secondary N) is 1. The smallest absolute Gasteiger partial charge is 0.242 e. The summed E-state index contributed by atoms with van der Waals surface area (Å²) in [5.74, 6) is -0.102. The molecule has 8 heteroatoms. The summed E-state index contributed by atoms with van der Waals surface area (Å²) in [5.41, 5.74) is 2.49. The highest BCUT2D eigenvalue weighted by Crippen LogP contribution is 2.28. The van der Waals surface area contributed by atoms with Crippen LogP contribution in [0.2, 0.25) is 5.02 Å². The minimum absolute atomic E-state index is 0.0645. The van der Waals surface area contributed by atoms with Gasteiger partial charge in [-0.25, -0.2) is 0 Å². The number of aromatic nitrogens is 4. The zero-order chi connectivity index (χ0) is 16.6. The van der Waals surface area contributed by atoms with E-state index in [1.54, 1.807) is 15.6 Å². The van der Waals surface area contributed by atoms with Crippen molar-refractivity contribution < 1.29 is 9.53 Å². The Hall–Kier alpha value is -1.86. The van der Waals surface area contributed by atoms with Gasteiger partial charge in [0.2, 0.25) is 5.91 Å². The van der Waals surface area contributed by atoms with Crippen molar-refractivity contribution in [2.45, 2.75) is 39.0 Å². The Morgan fingerprint density at radius 1 is 1.52 bits per heavy atom. The molecule has 0 aliphatic carbocycles. The number of halogens is 1. The van der Waals surface area contributed by atoms with Crippen LogP contribution in [-0.2, 0) is 23.1 Å². The second-order valence-corrected chi connectivity index (χ2v) is 6.15. The minimum Gasteiger partial charge on any atom is -0.370 e. The first-order valence-corrected chi connectivity index (χ1v) is 7.93. The SMILES string of the molecule is Cc1nn(CC(=O)N[C@H]2CCO[C@@H]2c2ccnn2C)c(C)c1Cl. The molecule has 7 nitrogen and oxygen atoms in total. The lowest BCUT2D eigenvalue weighted by atomic mass is 10.1. The van der Waals surface area contributed by atoms with Gasteiger partial charge in [-0.1, -0.05) is 11.6 Å². The van der Waals surface area contributed by atoms with Gasteiger partial charge in [-0.2, -0.15) is 10.2 Å². The van der Waals surface area contributed by atoms with Crippen molar-refractivity contribution in [1.29, 1.82) is 0 Å². The van der Waals surface area contributed by atoms with Crippen molar-refractivity contribution in [3.63, 3.8) is 0 Å². The van der Waals surface area contributed by atoms with Gasteiger partial charge in [0.1, 0.15) is 12.6 Å². The molecule has 3 heterocycles. The number of amides is 1. The second-order valence-electron chi connectivity index (χ2n) is 5.78. The molecule has 1 saturated heterocycles. The molecule has 1 amide bonds. The van der Waals surface area contributed by atoms with Crippen LogP contribution >= 0.6 is 11.6 Å². The Morgan fingerprint density at radius 3 is 2.91 bits per heavy atom. The van der Waals surface area contributed by atoms with Crippen LogP contribution in [0.15, 0.2) is 12.3 Å². The standard InChI is InChI=1S/C15H20ClN5O2/c1-9-14(16)10(2)21(19-9)8-13(22)18-11-5-7-23-15(11)12-4-6-17-20(12)3/h4,6,11,15H,5,7-8H2,1-3H3,(H,18,22)/t11-,15-/m0/s1. The first-order valence-electron chi connectivity index (χ1n) is 7.55. The molecule has 23 heavy (non-hydrogen) atoms. The Kier molecular flexibility index (Phi) is 4.41. The van der Waals surface area contributed by atoms with Crippen molar-refractivity contribution in [2.75, 3.05) is 6.61 Å². The molecule has 2 aromatic rings. The number of carbonyl (C=O) groups excluding carboxylic acids is 1. The van der Waals surface area contributed by atoms with Crippen LogP contribution < -0.4 is 5.32 Å². The molecule has 0 radical (unpaired) electrons. The van der Waals surface area contributed by atoms with Crippen LogP contribution in [0.5, 0.6) is 0 Å². The molecule has 2 atom stereocenters. The van der Waals surface area contributed by atoms with Gasteiger partial charge in [-0.05, 0) is 26.3 Å². The van der Waals surface area contributed by atoms with Crippen LogP contribution in [-0.4, -0.2) is 38.1 Å². The largest absolute Gasteiger partial charge is 0.370 e. The minimum atomic E-state index is -0.171. The average molecular weight is 338 g/mol. The van der Waals surface area contributed by atoms with Crippen molar-refractivity contribution in [1.82, 2.24) is 24.9 Å². The van der Waals surface area contributed by atoms with Crippen molar-refractivity contribution in [3.05, 3.63) is 34.4 Å². The van der Waals surface area contributed by atoms with Crippen LogP contribution in [0.4, 0.5) is 0 Å². The summed E-state index contributed by atoms with van der Waals surface area (Å²) in [6.07, 6.45) is 2.34. The summed E-state index contributed by atoms with van der Waals surface area (Å²) in [4.78, 5) is 12.3. The Labute approximate surface area is 139 Å². The molecule has 1 aliphatic heterocycles. The molecular weight excluding hydrogens is 318 g/mol. The molecule has 1 aliphatic rings. The van der Waals surface area contributed by atoms with Gasteiger partial charge in [0.15, 0.2) is 0 Å². The van der Waals surface area contributed by atoms with E-state index in [1.165, 1.54) is 0 Å². The lowest BCUT2D eigenvalue weighted by molar-refractivity contribution is -0.123. The lowest BCUT2D eigenvalue weighted by Crippen LogP contribution is -2.39. The van der Waals surface area contributed by atoms with E-state index in [9.17, 15) is 4.79 Å². The number of hydrogen-bond acceptors (Lipinski definition) is 4. The highest BCUT2D eigenvalue weighted by Gasteiger charge is 2.32. The molecule has 0 aromatic carbocycles. The second kappa shape index (κ2) is 6.33. The molecule has 0 bridgehead atoms. The maximum atomic E-state index is 12.3. The maximum absolute atomic E-state index is 12.3. The van der Waals surface area contributed by atoms with E-state index in [0.29, 0.717) is 11.6 Å². The maximum Gasteiger partial charge on any atom is 0.242 e. The highest BCUT2D eigenvalue weighted by atomic mass is 35.5. The fraction of sp³-hybridized carbons (Fsp3) is 0.533. The summed E-state index contributed by atoms with van der Waals surface area (Å²) in [5, 5.41) is 12.1. The summed E-state index contributed by atoms with van der Waals surface area (Å²) in [6, 6.07) is 1.85. The number of ether oxygens (including phenoxy) is 1. The van der Waals surface area contributed by atoms with E-state index in [4.69, 9.17) is 16.3 Å². The van der Waals surface area contributed by atoms with Gasteiger partial charge in [0.05, 0.1) is 28.1 Å². The van der Waals surface area contributed by atoms with Gasteiger partial charge in [0.25, 0.3) is 0 Å². The monoisotopic (exact) mass is 337 g/mol. The predicted molar refractivity (Wildman–Crippen MR) is 85.2 cm³/mol. The van der Waals surface area contributed by atoms with E-state index in [2.05, 4.69) is 15.5 Å². The zero-order valence-corrected chi connectivity index (χ0v) is 14.2. The van der Waals surface area contributed by atoms with E-state index in [-0.39, 0.29) is 24.6 Å². The van der Waals surface area contributed by atoms with Crippen molar-refractivity contribution in [3.8, 4) is 0 Å². The first kappa shape index (κ1) is 16.0. The molecule has 0 spiro atoms. The summed E-state index contributed by atoms with van der Waals surface area (Å²) in [7, 11) is 1.87. The lowest BCUT2D eigenvalue weighted by Gasteiger charge is -2.20. The Morgan fingerprint density at radius 2 is 2.30 bits per heavy atom. The number of carbonyl (C=O) groups is 1. The molecule has 1 N–H and O–H groups in total. The third-order valence-electron chi connectivity index (χ3n) is 4.17. The van der Waals surface area contributed by atoms with Crippen molar-refractivity contribution in [2.24, 2.45) is 7.05 Å². The summed E-state index contributed by atoms with van der Waals surface area (Å²) in [6.45, 7) is 4.44. The van der Waals surface area contributed by atoms with E-state index >= 15 is 0 Å². The topological polar surface area (TPSA) is 74.0 Å². The molecule has 2 aromatic heterocycles. The van der Waals surface area contributed by atoms with E-state index < -0.39 is 0 Å². The fourth-order valence-electron chi connectivity index (χ4n) is 2.91. The van der Waals surface area contributed by atoms with Gasteiger partial charge in [-0.15, -0.1) is 0 Å². The van der Waals surface area contributed by atoms with Crippen LogP contribution in [0, 0.1) is 13.8 Å². The summed E-state index contributed by atoms with van der Waals surface area (Å²) < 4.78 is 9.17. The quantitative estimate of drug-likeness (QED) is 0.918.